The van der Waals surface area contributed by atoms with Crippen LogP contribution in [-0.4, -0.2) is 37.8 Å². The van der Waals surface area contributed by atoms with Crippen molar-refractivity contribution < 1.29 is 9.59 Å². The highest BCUT2D eigenvalue weighted by atomic mass is 32.2. The first-order chi connectivity index (χ1) is 16.5. The van der Waals surface area contributed by atoms with Gasteiger partial charge in [-0.2, -0.15) is 4.68 Å². The van der Waals surface area contributed by atoms with E-state index >= 15 is 0 Å². The molecule has 0 radical (unpaired) electrons. The predicted molar refractivity (Wildman–Crippen MR) is 132 cm³/mol. The summed E-state index contributed by atoms with van der Waals surface area (Å²) >= 11 is 1.22. The number of nitrogens with zero attached hydrogens (tertiary/aromatic N) is 4. The molecule has 0 bridgehead atoms. The van der Waals surface area contributed by atoms with Crippen molar-refractivity contribution in [1.29, 1.82) is 0 Å². The molecular weight excluding hydrogens is 448 g/mol. The van der Waals surface area contributed by atoms with Gasteiger partial charge >= 0.3 is 0 Å². The Morgan fingerprint density at radius 2 is 1.68 bits per heavy atom. The van der Waals surface area contributed by atoms with Crippen LogP contribution in [0.4, 0.5) is 5.69 Å². The van der Waals surface area contributed by atoms with Crippen molar-refractivity contribution >= 4 is 29.3 Å². The van der Waals surface area contributed by atoms with Gasteiger partial charge in [-0.3, -0.25) is 9.59 Å². The summed E-state index contributed by atoms with van der Waals surface area (Å²) in [4.78, 5) is 25.6. The number of nitrogens with one attached hydrogen (secondary N) is 2. The molecule has 0 saturated carbocycles. The Kier molecular flexibility index (Phi) is 7.34. The van der Waals surface area contributed by atoms with Gasteiger partial charge in [-0.15, -0.1) is 5.10 Å². The molecule has 0 aliphatic carbocycles. The fourth-order valence-corrected chi connectivity index (χ4v) is 4.11. The minimum Gasteiger partial charge on any atom is -0.345 e. The van der Waals surface area contributed by atoms with E-state index in [-0.39, 0.29) is 23.6 Å². The number of aryl methyl sites for hydroxylation is 1. The molecule has 1 unspecified atom stereocenters. The van der Waals surface area contributed by atoms with Crippen LogP contribution in [0.25, 0.3) is 5.69 Å². The van der Waals surface area contributed by atoms with Gasteiger partial charge in [-0.25, -0.2) is 0 Å². The van der Waals surface area contributed by atoms with Crippen LogP contribution >= 0.6 is 11.8 Å². The second-order valence-electron chi connectivity index (χ2n) is 7.65. The number of anilines is 1. The second-order valence-corrected chi connectivity index (χ2v) is 8.59. The molecule has 4 aromatic rings. The first-order valence-corrected chi connectivity index (χ1v) is 11.7. The van der Waals surface area contributed by atoms with E-state index < -0.39 is 0 Å². The van der Waals surface area contributed by atoms with Gasteiger partial charge in [-0.1, -0.05) is 72.4 Å². The number of aromatic nitrogens is 4. The Hall–Kier alpha value is -3.98. The van der Waals surface area contributed by atoms with Crippen molar-refractivity contribution in [2.75, 3.05) is 11.1 Å². The Morgan fingerprint density at radius 1 is 0.971 bits per heavy atom. The number of tetrazole rings is 1. The zero-order chi connectivity index (χ0) is 23.9. The molecule has 0 fully saturated rings. The standard InChI is InChI=1S/C25H24N6O2S/c1-17-10-6-9-15-22(17)31-25(28-29-30-31)34-16-23(32)27-21-14-8-7-13-20(21)24(33)26-18(2)19-11-4-3-5-12-19/h3-15,18H,16H2,1-2H3,(H,26,33)(H,27,32). The van der Waals surface area contributed by atoms with E-state index in [2.05, 4.69) is 26.2 Å². The van der Waals surface area contributed by atoms with Crippen LogP contribution in [0.5, 0.6) is 0 Å². The molecule has 1 aromatic heterocycles. The summed E-state index contributed by atoms with van der Waals surface area (Å²) < 4.78 is 1.61. The highest BCUT2D eigenvalue weighted by molar-refractivity contribution is 7.99. The molecule has 0 spiro atoms. The van der Waals surface area contributed by atoms with Crippen LogP contribution in [-0.2, 0) is 4.79 Å². The number of hydrogen-bond acceptors (Lipinski definition) is 6. The summed E-state index contributed by atoms with van der Waals surface area (Å²) in [5.41, 5.74) is 3.72. The van der Waals surface area contributed by atoms with E-state index in [0.29, 0.717) is 16.4 Å². The maximum Gasteiger partial charge on any atom is 0.253 e. The smallest absolute Gasteiger partial charge is 0.253 e. The van der Waals surface area contributed by atoms with Crippen molar-refractivity contribution in [3.05, 3.63) is 95.6 Å². The molecule has 0 aliphatic heterocycles. The van der Waals surface area contributed by atoms with Crippen LogP contribution in [0.1, 0.15) is 34.5 Å². The first kappa shape index (κ1) is 23.2. The van der Waals surface area contributed by atoms with Crippen LogP contribution in [0.2, 0.25) is 0 Å². The fourth-order valence-electron chi connectivity index (χ4n) is 3.43. The average molecular weight is 473 g/mol. The van der Waals surface area contributed by atoms with Crippen molar-refractivity contribution in [2.24, 2.45) is 0 Å². The molecular formula is C25H24N6O2S. The van der Waals surface area contributed by atoms with Gasteiger partial charge in [0.2, 0.25) is 11.1 Å². The van der Waals surface area contributed by atoms with Crippen molar-refractivity contribution in [3.8, 4) is 5.69 Å². The third-order valence-electron chi connectivity index (χ3n) is 5.21. The lowest BCUT2D eigenvalue weighted by Gasteiger charge is -2.16. The Balaban J connectivity index is 1.41. The minimum atomic E-state index is -0.263. The molecule has 1 heterocycles. The van der Waals surface area contributed by atoms with Gasteiger partial charge in [0, 0.05) is 0 Å². The number of hydrogen-bond donors (Lipinski definition) is 2. The van der Waals surface area contributed by atoms with Gasteiger partial charge in [-0.05, 0) is 53.6 Å². The van der Waals surface area contributed by atoms with E-state index in [1.165, 1.54) is 11.8 Å². The number of thioether (sulfide) groups is 1. The summed E-state index contributed by atoms with van der Waals surface area (Å²) in [5.74, 6) is -0.438. The van der Waals surface area contributed by atoms with Crippen LogP contribution in [0.15, 0.2) is 84.0 Å². The number of para-hydroxylation sites is 2. The molecule has 0 aliphatic rings. The van der Waals surface area contributed by atoms with E-state index in [9.17, 15) is 9.59 Å². The lowest BCUT2D eigenvalue weighted by molar-refractivity contribution is -0.113. The number of carbonyl (C=O) groups is 2. The lowest BCUT2D eigenvalue weighted by atomic mass is 10.1. The molecule has 34 heavy (non-hydrogen) atoms. The summed E-state index contributed by atoms with van der Waals surface area (Å²) in [6.07, 6.45) is 0. The van der Waals surface area contributed by atoms with Crippen molar-refractivity contribution in [1.82, 2.24) is 25.5 Å². The molecule has 9 heteroatoms. The normalized spacial score (nSPS) is 11.6. The van der Waals surface area contributed by atoms with E-state index in [0.717, 1.165) is 16.8 Å². The molecule has 0 saturated heterocycles. The largest absolute Gasteiger partial charge is 0.345 e. The second kappa shape index (κ2) is 10.8. The zero-order valence-corrected chi connectivity index (χ0v) is 19.6. The average Bonchev–Trinajstić information content (AvgIpc) is 3.32. The maximum atomic E-state index is 12.9. The number of carbonyl (C=O) groups excluding carboxylic acids is 2. The highest BCUT2D eigenvalue weighted by Gasteiger charge is 2.17. The summed E-state index contributed by atoms with van der Waals surface area (Å²) in [7, 11) is 0. The molecule has 172 valence electrons. The number of rotatable bonds is 8. The monoisotopic (exact) mass is 472 g/mol. The number of amides is 2. The van der Waals surface area contributed by atoms with E-state index in [4.69, 9.17) is 0 Å². The third kappa shape index (κ3) is 5.49. The van der Waals surface area contributed by atoms with Gasteiger partial charge < -0.3 is 10.6 Å². The zero-order valence-electron chi connectivity index (χ0n) is 18.8. The van der Waals surface area contributed by atoms with E-state index in [1.54, 1.807) is 28.9 Å². The van der Waals surface area contributed by atoms with Crippen LogP contribution < -0.4 is 10.6 Å². The highest BCUT2D eigenvalue weighted by Crippen LogP contribution is 2.22. The molecule has 4 rings (SSSR count). The Labute approximate surface area is 201 Å². The molecule has 3 aromatic carbocycles. The summed E-state index contributed by atoms with van der Waals surface area (Å²) in [5, 5.41) is 18.2. The molecule has 8 nitrogen and oxygen atoms in total. The first-order valence-electron chi connectivity index (χ1n) is 10.7. The summed E-state index contributed by atoms with van der Waals surface area (Å²) in [6, 6.07) is 24.2. The molecule has 2 N–H and O–H groups in total. The van der Waals surface area contributed by atoms with Crippen LogP contribution in [0.3, 0.4) is 0 Å². The maximum absolute atomic E-state index is 12.9. The van der Waals surface area contributed by atoms with Gasteiger partial charge in [0.1, 0.15) is 0 Å². The van der Waals surface area contributed by atoms with Gasteiger partial charge in [0.25, 0.3) is 5.91 Å². The molecule has 1 atom stereocenters. The minimum absolute atomic E-state index is 0.0859. The quantitative estimate of drug-likeness (QED) is 0.373. The van der Waals surface area contributed by atoms with Crippen molar-refractivity contribution in [3.63, 3.8) is 0 Å². The predicted octanol–water partition coefficient (Wildman–Crippen LogP) is 4.19. The summed E-state index contributed by atoms with van der Waals surface area (Å²) in [6.45, 7) is 3.89. The van der Waals surface area contributed by atoms with E-state index in [1.807, 2.05) is 68.4 Å². The molecule has 2 amide bonds. The lowest BCUT2D eigenvalue weighted by Crippen LogP contribution is -2.28. The fraction of sp³-hybridized carbons (Fsp3) is 0.160. The van der Waals surface area contributed by atoms with Gasteiger partial charge in [0.05, 0.1) is 28.7 Å². The topological polar surface area (TPSA) is 102 Å². The van der Waals surface area contributed by atoms with Gasteiger partial charge in [0.15, 0.2) is 0 Å². The third-order valence-corrected chi connectivity index (χ3v) is 6.13. The Morgan fingerprint density at radius 3 is 2.47 bits per heavy atom. The van der Waals surface area contributed by atoms with Crippen molar-refractivity contribution in [2.45, 2.75) is 25.0 Å². The Bertz CT molecular complexity index is 1290. The SMILES string of the molecule is Cc1ccccc1-n1nnnc1SCC(=O)Nc1ccccc1C(=O)NC(C)c1ccccc1. The number of benzene rings is 3. The van der Waals surface area contributed by atoms with Crippen LogP contribution in [0, 0.1) is 6.92 Å².